The van der Waals surface area contributed by atoms with Crippen molar-refractivity contribution in [1.29, 1.82) is 0 Å². The number of hydrogen-bond donors (Lipinski definition) is 1. The van der Waals surface area contributed by atoms with Crippen LogP contribution in [0.1, 0.15) is 80.6 Å². The summed E-state index contributed by atoms with van der Waals surface area (Å²) < 4.78 is 35.4. The average Bonchev–Trinajstić information content (AvgIpc) is 3.12. The molecule has 41 heavy (non-hydrogen) atoms. The van der Waals surface area contributed by atoms with Gasteiger partial charge in [0.05, 0.1) is 19.3 Å². The lowest BCUT2D eigenvalue weighted by atomic mass is 9.39. The first kappa shape index (κ1) is 32.3. The van der Waals surface area contributed by atoms with Crippen molar-refractivity contribution in [3.05, 3.63) is 23.8 Å². The van der Waals surface area contributed by atoms with Crippen LogP contribution in [0.2, 0.25) is 0 Å². The van der Waals surface area contributed by atoms with E-state index in [0.717, 1.165) is 18.4 Å². The van der Waals surface area contributed by atoms with E-state index >= 15 is 0 Å². The number of Topliss-reactive ketones (excluding diaryl/α,β-unsaturated/α-hetero) is 1. The normalized spacial score (nSPS) is 39.9. The van der Waals surface area contributed by atoms with Crippen molar-refractivity contribution < 1.29 is 42.6 Å². The molecule has 230 valence electrons. The molecule has 4 aliphatic rings. The molecule has 0 spiro atoms. The van der Waals surface area contributed by atoms with E-state index in [1.165, 1.54) is 0 Å². The van der Waals surface area contributed by atoms with Crippen LogP contribution in [0.25, 0.3) is 0 Å². The molecule has 0 amide bonds. The van der Waals surface area contributed by atoms with Gasteiger partial charge in [-0.05, 0) is 63.5 Å². The van der Waals surface area contributed by atoms with E-state index in [1.54, 1.807) is 32.9 Å². The first-order chi connectivity index (χ1) is 19.2. The molecule has 0 saturated heterocycles. The van der Waals surface area contributed by atoms with E-state index in [9.17, 15) is 24.1 Å². The highest BCUT2D eigenvalue weighted by molar-refractivity contribution is 7.53. The van der Waals surface area contributed by atoms with Crippen LogP contribution >= 0.6 is 7.60 Å². The highest BCUT2D eigenvalue weighted by Gasteiger charge is 2.75. The lowest BCUT2D eigenvalue weighted by molar-refractivity contribution is -0.221. The Morgan fingerprint density at radius 1 is 1.10 bits per heavy atom. The van der Waals surface area contributed by atoms with Crippen LogP contribution in [-0.2, 0) is 37.5 Å². The number of hydrogen-bond acceptors (Lipinski definition) is 9. The number of esters is 1. The minimum atomic E-state index is -3.55. The highest BCUT2D eigenvalue weighted by Crippen LogP contribution is 2.73. The number of ether oxygens (including phenoxy) is 2. The molecule has 0 aromatic rings. The fourth-order valence-electron chi connectivity index (χ4n) is 8.94. The topological polar surface area (TPSA) is 125 Å². The molecule has 3 saturated carbocycles. The number of ketones is 2. The summed E-state index contributed by atoms with van der Waals surface area (Å²) in [6.07, 6.45) is 6.54. The molecule has 0 heterocycles. The van der Waals surface area contributed by atoms with Crippen molar-refractivity contribution >= 4 is 25.1 Å². The van der Waals surface area contributed by atoms with Gasteiger partial charge in [0.15, 0.2) is 11.4 Å². The summed E-state index contributed by atoms with van der Waals surface area (Å²) >= 11 is 0. The van der Waals surface area contributed by atoms with Gasteiger partial charge in [-0.3, -0.25) is 18.9 Å². The minimum absolute atomic E-state index is 0.0192. The number of aliphatic hydroxyl groups excluding tert-OH is 1. The zero-order valence-electron chi connectivity index (χ0n) is 25.6. The maximum atomic E-state index is 14.3. The Bertz CT molecular complexity index is 1170. The number of allylic oxidation sites excluding steroid dienone is 4. The predicted molar refractivity (Wildman–Crippen MR) is 153 cm³/mol. The Labute approximate surface area is 243 Å². The summed E-state index contributed by atoms with van der Waals surface area (Å²) in [7, 11) is -3.55. The number of carbonyl (C=O) groups excluding carboxylic acids is 3. The number of carbonyl (C=O) groups is 3. The van der Waals surface area contributed by atoms with Gasteiger partial charge >= 0.3 is 13.6 Å². The van der Waals surface area contributed by atoms with Crippen LogP contribution in [0.3, 0.4) is 0 Å². The fraction of sp³-hybridized carbons (Fsp3) is 0.774. The molecule has 0 aromatic heterocycles. The molecule has 0 aliphatic heterocycles. The largest absolute Gasteiger partial charge is 0.450 e. The van der Waals surface area contributed by atoms with E-state index in [-0.39, 0.29) is 49.6 Å². The Kier molecular flexibility index (Phi) is 9.02. The van der Waals surface area contributed by atoms with Crippen molar-refractivity contribution in [1.82, 2.24) is 0 Å². The number of rotatable bonds is 11. The summed E-state index contributed by atoms with van der Waals surface area (Å²) in [5.74, 6) is -1.26. The molecule has 0 radical (unpaired) electrons. The molecule has 10 heteroatoms. The third-order valence-electron chi connectivity index (χ3n) is 11.1. The summed E-state index contributed by atoms with van der Waals surface area (Å²) in [5, 5.41) is 12.0. The van der Waals surface area contributed by atoms with Crippen LogP contribution in [0, 0.1) is 34.0 Å². The molecule has 4 rings (SSSR count). The maximum absolute atomic E-state index is 14.3. The molecular formula is C31H47O9P. The van der Waals surface area contributed by atoms with E-state index in [0.29, 0.717) is 6.42 Å². The quantitative estimate of drug-likeness (QED) is 0.247. The van der Waals surface area contributed by atoms with E-state index in [4.69, 9.17) is 18.5 Å². The first-order valence-corrected chi connectivity index (χ1v) is 16.7. The van der Waals surface area contributed by atoms with Crippen molar-refractivity contribution in [3.8, 4) is 0 Å². The second kappa shape index (κ2) is 11.5. The van der Waals surface area contributed by atoms with Crippen molar-refractivity contribution in [2.24, 2.45) is 34.0 Å². The molecule has 0 unspecified atom stereocenters. The summed E-state index contributed by atoms with van der Waals surface area (Å²) in [5.41, 5.74) is -2.44. The second-order valence-corrected chi connectivity index (χ2v) is 14.8. The lowest BCUT2D eigenvalue weighted by Crippen LogP contribution is -2.67. The molecule has 0 bridgehead atoms. The zero-order chi connectivity index (χ0) is 30.4. The van der Waals surface area contributed by atoms with Gasteiger partial charge in [-0.25, -0.2) is 0 Å². The Morgan fingerprint density at radius 2 is 1.76 bits per heavy atom. The van der Waals surface area contributed by atoms with Gasteiger partial charge in [-0.2, -0.15) is 0 Å². The first-order valence-electron chi connectivity index (χ1n) is 15.0. The monoisotopic (exact) mass is 594 g/mol. The van der Waals surface area contributed by atoms with Crippen LogP contribution in [0.4, 0.5) is 0 Å². The molecular weight excluding hydrogens is 547 g/mol. The van der Waals surface area contributed by atoms with Crippen LogP contribution < -0.4 is 0 Å². The third-order valence-corrected chi connectivity index (χ3v) is 12.9. The Hall–Kier alpha value is -1.64. The van der Waals surface area contributed by atoms with E-state index < -0.39 is 60.3 Å². The van der Waals surface area contributed by atoms with Gasteiger partial charge in [0.1, 0.15) is 13.0 Å². The van der Waals surface area contributed by atoms with Crippen LogP contribution in [-0.4, -0.2) is 60.5 Å². The van der Waals surface area contributed by atoms with Crippen molar-refractivity contribution in [2.75, 3.05) is 26.2 Å². The minimum Gasteiger partial charge on any atom is -0.450 e. The van der Waals surface area contributed by atoms with Gasteiger partial charge in [-0.1, -0.05) is 46.3 Å². The number of aliphatic hydroxyl groups is 1. The fourth-order valence-corrected chi connectivity index (χ4v) is 10.3. The Balaban J connectivity index is 1.71. The lowest BCUT2D eigenvalue weighted by Gasteiger charge is -2.65. The molecule has 4 aliphatic carbocycles. The van der Waals surface area contributed by atoms with Gasteiger partial charge in [0, 0.05) is 28.6 Å². The SMILES string of the molecule is CCOP(=O)(COCC(=O)[C@@]1(OC(=O)CC)[C@@H](C)C[C@H]2[C@@H]3CCC4=CC(=O)C=C[C@]4(C)[C@@]3(C)[C@@H](O)C[C@@]21C)OCC. The van der Waals surface area contributed by atoms with Gasteiger partial charge in [0.25, 0.3) is 0 Å². The van der Waals surface area contributed by atoms with Crippen LogP contribution in [0.5, 0.6) is 0 Å². The molecule has 8 atom stereocenters. The number of fused-ring (bicyclic) bond motifs is 5. The summed E-state index contributed by atoms with van der Waals surface area (Å²) in [6.45, 7) is 13.1. The van der Waals surface area contributed by atoms with E-state index in [2.05, 4.69) is 13.8 Å². The van der Waals surface area contributed by atoms with Crippen molar-refractivity contribution in [2.45, 2.75) is 92.3 Å². The van der Waals surface area contributed by atoms with Crippen molar-refractivity contribution in [3.63, 3.8) is 0 Å². The third kappa shape index (κ3) is 4.84. The van der Waals surface area contributed by atoms with Crippen LogP contribution in [0.15, 0.2) is 23.8 Å². The molecule has 0 aromatic carbocycles. The Morgan fingerprint density at radius 3 is 2.37 bits per heavy atom. The van der Waals surface area contributed by atoms with Gasteiger partial charge in [0.2, 0.25) is 5.78 Å². The smallest absolute Gasteiger partial charge is 0.356 e. The molecule has 9 nitrogen and oxygen atoms in total. The summed E-state index contributed by atoms with van der Waals surface area (Å²) in [6, 6.07) is 0. The van der Waals surface area contributed by atoms with Gasteiger partial charge < -0.3 is 23.6 Å². The molecule has 3 fully saturated rings. The predicted octanol–water partition coefficient (Wildman–Crippen LogP) is 5.40. The second-order valence-electron chi connectivity index (χ2n) is 12.8. The average molecular weight is 595 g/mol. The van der Waals surface area contributed by atoms with Gasteiger partial charge in [-0.15, -0.1) is 0 Å². The highest BCUT2D eigenvalue weighted by atomic mass is 31.2. The zero-order valence-corrected chi connectivity index (χ0v) is 26.5. The van der Waals surface area contributed by atoms with E-state index in [1.807, 2.05) is 19.9 Å². The standard InChI is InChI=1S/C31H47O9P/c1-8-27(35)40-31(26(34)18-37-19-41(36,38-9-2)39-10-3)20(4)15-24-23-12-11-21-16-22(32)13-14-28(21,5)30(23,7)25(33)17-29(24,31)6/h13-14,16,20,23-25,33H,8-12,15,17-19H2,1-7H3/t20-,23-,24-,25-,28-,29-,30+,31-/m0/s1. The maximum Gasteiger partial charge on any atom is 0.356 e. The molecule has 1 N–H and O–H groups in total. The summed E-state index contributed by atoms with van der Waals surface area (Å²) in [4.78, 5) is 39.4.